The van der Waals surface area contributed by atoms with Gasteiger partial charge in [-0.25, -0.2) is 9.31 Å². The first-order valence-corrected chi connectivity index (χ1v) is 8.25. The Kier molecular flexibility index (Phi) is 4.34. The summed E-state index contributed by atoms with van der Waals surface area (Å²) in [6.07, 6.45) is 4.56. The number of hydrogen-bond acceptors (Lipinski definition) is 5. The van der Waals surface area contributed by atoms with Crippen molar-refractivity contribution in [1.29, 1.82) is 0 Å². The number of pyridine rings is 1. The summed E-state index contributed by atoms with van der Waals surface area (Å²) in [5.74, 6) is -0.786. The monoisotopic (exact) mass is 405 g/mol. The Hall–Kier alpha value is -2.68. The third-order valence-electron chi connectivity index (χ3n) is 3.23. The summed E-state index contributed by atoms with van der Waals surface area (Å²) >= 11 is 3.38. The minimum Gasteiger partial charge on any atom is -0.456 e. The number of esters is 1. The van der Waals surface area contributed by atoms with Gasteiger partial charge in [0.15, 0.2) is 0 Å². The number of aromatic amines is 1. The fourth-order valence-corrected chi connectivity index (χ4v) is 2.55. The molecule has 3 rings (SSSR count). The van der Waals surface area contributed by atoms with Gasteiger partial charge in [0.1, 0.15) is 17.0 Å². The standard InChI is InChI=1S/C16H16BrN5O3/c1-16(2,3)25-15(24)10-6-18-21-13(10)20-14(23)9-4-5-12-11(17)7-19-22(12)8-9/h4-8H,1-3H3,(H2,18,20,21,23). The van der Waals surface area contributed by atoms with E-state index in [-0.39, 0.29) is 11.4 Å². The zero-order valence-corrected chi connectivity index (χ0v) is 15.4. The highest BCUT2D eigenvalue weighted by Gasteiger charge is 2.23. The van der Waals surface area contributed by atoms with Gasteiger partial charge in [0, 0.05) is 6.20 Å². The van der Waals surface area contributed by atoms with Crippen molar-refractivity contribution in [3.8, 4) is 0 Å². The number of ether oxygens (including phenoxy) is 1. The van der Waals surface area contributed by atoms with Gasteiger partial charge in [-0.3, -0.25) is 9.89 Å². The lowest BCUT2D eigenvalue weighted by molar-refractivity contribution is 0.00708. The van der Waals surface area contributed by atoms with Gasteiger partial charge in [-0.15, -0.1) is 0 Å². The maximum absolute atomic E-state index is 12.5. The molecule has 0 spiro atoms. The van der Waals surface area contributed by atoms with Crippen LogP contribution in [-0.4, -0.2) is 37.3 Å². The third-order valence-corrected chi connectivity index (χ3v) is 3.84. The number of H-pyrrole nitrogens is 1. The minimum absolute atomic E-state index is 0.159. The van der Waals surface area contributed by atoms with Crippen molar-refractivity contribution in [2.75, 3.05) is 5.32 Å². The highest BCUT2D eigenvalue weighted by Crippen LogP contribution is 2.20. The van der Waals surface area contributed by atoms with Crippen LogP contribution in [0.5, 0.6) is 0 Å². The molecular formula is C16H16BrN5O3. The lowest BCUT2D eigenvalue weighted by Crippen LogP contribution is -2.24. The van der Waals surface area contributed by atoms with E-state index in [0.29, 0.717) is 5.56 Å². The smallest absolute Gasteiger partial charge is 0.344 e. The second kappa shape index (κ2) is 6.32. The molecule has 3 aromatic rings. The molecule has 0 saturated heterocycles. The van der Waals surface area contributed by atoms with Gasteiger partial charge in [0.05, 0.1) is 27.9 Å². The van der Waals surface area contributed by atoms with E-state index >= 15 is 0 Å². The molecule has 0 radical (unpaired) electrons. The molecule has 0 fully saturated rings. The first-order valence-electron chi connectivity index (χ1n) is 7.45. The Labute approximate surface area is 151 Å². The molecule has 2 N–H and O–H groups in total. The van der Waals surface area contributed by atoms with Crippen molar-refractivity contribution in [2.45, 2.75) is 26.4 Å². The molecule has 0 atom stereocenters. The Morgan fingerprint density at radius 1 is 1.28 bits per heavy atom. The number of rotatable bonds is 3. The number of anilines is 1. The van der Waals surface area contributed by atoms with E-state index in [0.717, 1.165) is 9.99 Å². The van der Waals surface area contributed by atoms with E-state index < -0.39 is 17.5 Å². The molecule has 3 heterocycles. The Bertz CT molecular complexity index is 954. The molecule has 0 aliphatic rings. The summed E-state index contributed by atoms with van der Waals surface area (Å²) < 4.78 is 7.72. The average Bonchev–Trinajstić information content (AvgIpc) is 3.12. The molecule has 0 aromatic carbocycles. The molecule has 9 heteroatoms. The van der Waals surface area contributed by atoms with Crippen LogP contribution in [0.2, 0.25) is 0 Å². The van der Waals surface area contributed by atoms with Crippen LogP contribution in [-0.2, 0) is 4.74 Å². The van der Waals surface area contributed by atoms with Crippen LogP contribution in [0.1, 0.15) is 41.5 Å². The van der Waals surface area contributed by atoms with Gasteiger partial charge in [-0.05, 0) is 48.8 Å². The highest BCUT2D eigenvalue weighted by atomic mass is 79.9. The second-order valence-corrected chi connectivity index (χ2v) is 7.21. The molecule has 1 amide bonds. The molecular weight excluding hydrogens is 390 g/mol. The number of aromatic nitrogens is 4. The molecule has 0 unspecified atom stereocenters. The quantitative estimate of drug-likeness (QED) is 0.652. The number of carbonyl (C=O) groups excluding carboxylic acids is 2. The number of halogens is 1. The van der Waals surface area contributed by atoms with E-state index in [1.165, 1.54) is 6.20 Å². The van der Waals surface area contributed by atoms with E-state index in [1.54, 1.807) is 49.8 Å². The van der Waals surface area contributed by atoms with Gasteiger partial charge in [0.2, 0.25) is 0 Å². The van der Waals surface area contributed by atoms with Crippen molar-refractivity contribution in [3.05, 3.63) is 46.3 Å². The Balaban J connectivity index is 1.81. The molecule has 130 valence electrons. The normalized spacial score (nSPS) is 11.5. The summed E-state index contributed by atoms with van der Waals surface area (Å²) in [5.41, 5.74) is 0.736. The van der Waals surface area contributed by atoms with E-state index in [1.807, 2.05) is 0 Å². The molecule has 0 aliphatic heterocycles. The number of nitrogens with one attached hydrogen (secondary N) is 2. The van der Waals surface area contributed by atoms with Crippen LogP contribution in [0.3, 0.4) is 0 Å². The SMILES string of the molecule is CC(C)(C)OC(=O)c1cn[nH]c1NC(=O)c1ccc2c(Br)cnn2c1. The van der Waals surface area contributed by atoms with Crippen molar-refractivity contribution >= 4 is 39.1 Å². The highest BCUT2D eigenvalue weighted by molar-refractivity contribution is 9.10. The van der Waals surface area contributed by atoms with Gasteiger partial charge >= 0.3 is 5.97 Å². The van der Waals surface area contributed by atoms with Crippen LogP contribution in [0.25, 0.3) is 5.52 Å². The first-order chi connectivity index (χ1) is 11.7. The number of amides is 1. The molecule has 0 bridgehead atoms. The van der Waals surface area contributed by atoms with Crippen LogP contribution in [0, 0.1) is 0 Å². The van der Waals surface area contributed by atoms with Crippen molar-refractivity contribution < 1.29 is 14.3 Å². The summed E-state index contributed by atoms with van der Waals surface area (Å²) in [6, 6.07) is 3.44. The van der Waals surface area contributed by atoms with Crippen molar-refractivity contribution in [2.24, 2.45) is 0 Å². The van der Waals surface area contributed by atoms with Gasteiger partial charge in [-0.2, -0.15) is 10.2 Å². The maximum Gasteiger partial charge on any atom is 0.344 e. The summed E-state index contributed by atoms with van der Waals surface area (Å²) in [5, 5.41) is 13.2. The molecule has 0 saturated carbocycles. The zero-order valence-electron chi connectivity index (χ0n) is 13.8. The first kappa shape index (κ1) is 17.2. The molecule has 3 aromatic heterocycles. The minimum atomic E-state index is -0.645. The van der Waals surface area contributed by atoms with Crippen LogP contribution >= 0.6 is 15.9 Å². The lowest BCUT2D eigenvalue weighted by Gasteiger charge is -2.19. The Morgan fingerprint density at radius 2 is 2.04 bits per heavy atom. The van der Waals surface area contributed by atoms with E-state index in [9.17, 15) is 9.59 Å². The zero-order chi connectivity index (χ0) is 18.2. The predicted molar refractivity (Wildman–Crippen MR) is 94.6 cm³/mol. The molecule has 0 aliphatic carbocycles. The van der Waals surface area contributed by atoms with Crippen LogP contribution < -0.4 is 5.32 Å². The number of hydrogen-bond donors (Lipinski definition) is 2. The van der Waals surface area contributed by atoms with E-state index in [4.69, 9.17) is 4.74 Å². The van der Waals surface area contributed by atoms with Crippen LogP contribution in [0.4, 0.5) is 5.82 Å². The summed E-state index contributed by atoms with van der Waals surface area (Å²) in [4.78, 5) is 24.6. The fourth-order valence-electron chi connectivity index (χ4n) is 2.14. The lowest BCUT2D eigenvalue weighted by atomic mass is 10.2. The van der Waals surface area contributed by atoms with Crippen molar-refractivity contribution in [3.63, 3.8) is 0 Å². The average molecular weight is 406 g/mol. The second-order valence-electron chi connectivity index (χ2n) is 6.35. The molecule has 25 heavy (non-hydrogen) atoms. The number of nitrogens with zero attached hydrogens (tertiary/aromatic N) is 3. The largest absolute Gasteiger partial charge is 0.456 e. The van der Waals surface area contributed by atoms with E-state index in [2.05, 4.69) is 36.5 Å². The van der Waals surface area contributed by atoms with Gasteiger partial charge in [0.25, 0.3) is 5.91 Å². The third kappa shape index (κ3) is 3.71. The van der Waals surface area contributed by atoms with Gasteiger partial charge in [-0.1, -0.05) is 0 Å². The van der Waals surface area contributed by atoms with Crippen molar-refractivity contribution in [1.82, 2.24) is 19.8 Å². The number of carbonyl (C=O) groups is 2. The number of fused-ring (bicyclic) bond motifs is 1. The maximum atomic E-state index is 12.5. The summed E-state index contributed by atoms with van der Waals surface area (Å²) in [6.45, 7) is 5.29. The Morgan fingerprint density at radius 3 is 2.76 bits per heavy atom. The summed E-state index contributed by atoms with van der Waals surface area (Å²) in [7, 11) is 0. The predicted octanol–water partition coefficient (Wildman–Crippen LogP) is 3.03. The van der Waals surface area contributed by atoms with Gasteiger partial charge < -0.3 is 10.1 Å². The molecule has 8 nitrogen and oxygen atoms in total. The fraction of sp³-hybridized carbons (Fsp3) is 0.250. The van der Waals surface area contributed by atoms with Crippen LogP contribution in [0.15, 0.2) is 35.2 Å². The topological polar surface area (TPSA) is 101 Å².